The van der Waals surface area contributed by atoms with E-state index in [0.29, 0.717) is 0 Å². The van der Waals surface area contributed by atoms with Crippen molar-refractivity contribution in [2.45, 2.75) is 13.3 Å². The second-order valence-corrected chi connectivity index (χ2v) is 1.07. The van der Waals surface area contributed by atoms with Gasteiger partial charge in [-0.2, -0.15) is 0 Å². The third-order valence-electron chi connectivity index (χ3n) is 0.189. The fraction of sp³-hybridized carbons (Fsp3) is 1.00. The van der Waals surface area contributed by atoms with Gasteiger partial charge in [0.05, 0.1) is 0 Å². The summed E-state index contributed by atoms with van der Waals surface area (Å²) in [5, 5.41) is 0. The predicted octanol–water partition coefficient (Wildman–Crippen LogP) is -0.839. The molecule has 0 saturated carbocycles. The van der Waals surface area contributed by atoms with Crippen LogP contribution in [0.5, 0.6) is 0 Å². The maximum absolute atomic E-state index is 5.19. The van der Waals surface area contributed by atoms with Gasteiger partial charge in [0.1, 0.15) is 0 Å². The third-order valence-corrected chi connectivity index (χ3v) is 0.567. The molecule has 0 aromatic heterocycles. The molecule has 50 valence electrons. The summed E-state index contributed by atoms with van der Waals surface area (Å²) in [6.45, 7) is 2.05. The van der Waals surface area contributed by atoms with Gasteiger partial charge in [0.2, 0.25) is 0 Å². The number of alkyl halides is 1. The first kappa shape index (κ1) is 27.2. The Kier molecular flexibility index (Phi) is 136. The molecule has 0 fully saturated rings. The molecule has 0 aliphatic heterocycles. The molecule has 0 saturated heterocycles. The van der Waals surface area contributed by atoms with Crippen molar-refractivity contribution in [2.24, 2.45) is 0 Å². The van der Waals surface area contributed by atoms with Crippen LogP contribution in [-0.4, -0.2) is 22.3 Å². The Morgan fingerprint density at radius 2 is 1.29 bits per heavy atom. The Balaban J connectivity index is -0.0000000150. The highest BCUT2D eigenvalue weighted by molar-refractivity contribution is 6.17. The molecule has 6 N–H and O–H groups in total. The summed E-state index contributed by atoms with van der Waals surface area (Å²) in [6, 6.07) is 0. The molecular formula is C3H13ClO3. The highest BCUT2D eigenvalue weighted by Crippen LogP contribution is 1.75. The molecule has 0 aliphatic rings. The molecule has 4 heteroatoms. The van der Waals surface area contributed by atoms with E-state index in [1.165, 1.54) is 0 Å². The molecule has 0 atom stereocenters. The minimum Gasteiger partial charge on any atom is -0.412 e. The van der Waals surface area contributed by atoms with Crippen molar-refractivity contribution >= 4 is 11.6 Å². The first-order chi connectivity index (χ1) is 1.91. The fourth-order valence-corrected chi connectivity index (χ4v) is 0. The standard InChI is InChI=1S/C3H7Cl.3H2O/c1-2-3-4;;;/h2-3H2,1H3;3*1H2. The largest absolute Gasteiger partial charge is 0.412 e. The Bertz CT molecular complexity index is 12.1. The number of halogens is 1. The summed E-state index contributed by atoms with van der Waals surface area (Å²) in [5.74, 6) is 0.792. The van der Waals surface area contributed by atoms with E-state index in [0.717, 1.165) is 12.3 Å². The van der Waals surface area contributed by atoms with E-state index in [1.807, 2.05) is 6.92 Å². The van der Waals surface area contributed by atoms with E-state index in [4.69, 9.17) is 11.6 Å². The average Bonchev–Trinajstić information content (AvgIpc) is 1.37. The quantitative estimate of drug-likeness (QED) is 0.416. The normalized spacial score (nSPS) is 4.29. The first-order valence-corrected chi connectivity index (χ1v) is 2.01. The lowest BCUT2D eigenvalue weighted by Crippen LogP contribution is -1.55. The Hall–Kier alpha value is 0.170. The van der Waals surface area contributed by atoms with E-state index < -0.39 is 0 Å². The highest BCUT2D eigenvalue weighted by Gasteiger charge is 1.59. The van der Waals surface area contributed by atoms with Crippen LogP contribution in [0.2, 0.25) is 0 Å². The van der Waals surface area contributed by atoms with E-state index in [2.05, 4.69) is 0 Å². The van der Waals surface area contributed by atoms with Gasteiger partial charge in [-0.1, -0.05) is 6.92 Å². The SMILES string of the molecule is CCCCl.O.O.O. The second-order valence-electron chi connectivity index (χ2n) is 0.689. The smallest absolute Gasteiger partial charge is 0.0220 e. The van der Waals surface area contributed by atoms with Crippen molar-refractivity contribution in [3.8, 4) is 0 Å². The zero-order valence-corrected chi connectivity index (χ0v) is 5.05. The molecular weight excluding hydrogens is 119 g/mol. The maximum Gasteiger partial charge on any atom is 0.0220 e. The molecule has 0 radical (unpaired) electrons. The van der Waals surface area contributed by atoms with Crippen LogP contribution in [0.3, 0.4) is 0 Å². The summed E-state index contributed by atoms with van der Waals surface area (Å²) < 4.78 is 0. The van der Waals surface area contributed by atoms with Crippen LogP contribution in [0.25, 0.3) is 0 Å². The van der Waals surface area contributed by atoms with Crippen molar-refractivity contribution < 1.29 is 16.4 Å². The van der Waals surface area contributed by atoms with Gasteiger partial charge in [-0.3, -0.25) is 0 Å². The lowest BCUT2D eigenvalue weighted by Gasteiger charge is -1.65. The molecule has 7 heavy (non-hydrogen) atoms. The minimum absolute atomic E-state index is 0. The fourth-order valence-electron chi connectivity index (χ4n) is 0. The van der Waals surface area contributed by atoms with Crippen LogP contribution in [0.15, 0.2) is 0 Å². The van der Waals surface area contributed by atoms with E-state index >= 15 is 0 Å². The Morgan fingerprint density at radius 3 is 1.29 bits per heavy atom. The topological polar surface area (TPSA) is 94.5 Å². The number of hydrogen-bond donors (Lipinski definition) is 0. The van der Waals surface area contributed by atoms with Crippen LogP contribution in [0.1, 0.15) is 13.3 Å². The lowest BCUT2D eigenvalue weighted by atomic mass is 10.6. The molecule has 0 heterocycles. The van der Waals surface area contributed by atoms with Gasteiger partial charge < -0.3 is 16.4 Å². The summed E-state index contributed by atoms with van der Waals surface area (Å²) in [7, 11) is 0. The zero-order valence-electron chi connectivity index (χ0n) is 4.29. The maximum atomic E-state index is 5.19. The van der Waals surface area contributed by atoms with Gasteiger partial charge in [0.25, 0.3) is 0 Å². The molecule has 0 aliphatic carbocycles. The van der Waals surface area contributed by atoms with E-state index in [1.54, 1.807) is 0 Å². The average molecular weight is 133 g/mol. The van der Waals surface area contributed by atoms with Crippen LogP contribution in [0.4, 0.5) is 0 Å². The number of hydrogen-bond acceptors (Lipinski definition) is 0. The van der Waals surface area contributed by atoms with E-state index in [9.17, 15) is 0 Å². The molecule has 0 bridgehead atoms. The van der Waals surface area contributed by atoms with Gasteiger partial charge in [0, 0.05) is 5.88 Å². The van der Waals surface area contributed by atoms with Crippen LogP contribution < -0.4 is 0 Å². The Labute approximate surface area is 48.2 Å². The van der Waals surface area contributed by atoms with Gasteiger partial charge in [-0.15, -0.1) is 11.6 Å². The van der Waals surface area contributed by atoms with Gasteiger partial charge in [-0.25, -0.2) is 0 Å². The molecule has 0 aromatic rings. The van der Waals surface area contributed by atoms with Crippen molar-refractivity contribution in [2.75, 3.05) is 5.88 Å². The first-order valence-electron chi connectivity index (χ1n) is 1.47. The number of rotatable bonds is 1. The molecule has 0 unspecified atom stereocenters. The second kappa shape index (κ2) is 35.0. The van der Waals surface area contributed by atoms with Crippen molar-refractivity contribution in [3.05, 3.63) is 0 Å². The van der Waals surface area contributed by atoms with Gasteiger partial charge in [0.15, 0.2) is 0 Å². The monoisotopic (exact) mass is 132 g/mol. The summed E-state index contributed by atoms with van der Waals surface area (Å²) in [4.78, 5) is 0. The van der Waals surface area contributed by atoms with Crippen LogP contribution >= 0.6 is 11.6 Å². The summed E-state index contributed by atoms with van der Waals surface area (Å²) >= 11 is 5.19. The summed E-state index contributed by atoms with van der Waals surface area (Å²) in [5.41, 5.74) is 0. The molecule has 0 rings (SSSR count). The molecule has 0 aromatic carbocycles. The van der Waals surface area contributed by atoms with Crippen LogP contribution in [0, 0.1) is 0 Å². The zero-order chi connectivity index (χ0) is 3.41. The highest BCUT2D eigenvalue weighted by atomic mass is 35.5. The molecule has 3 nitrogen and oxygen atoms in total. The van der Waals surface area contributed by atoms with Crippen molar-refractivity contribution in [3.63, 3.8) is 0 Å². The minimum atomic E-state index is 0. The molecule has 0 amide bonds. The Morgan fingerprint density at radius 1 is 1.14 bits per heavy atom. The van der Waals surface area contributed by atoms with Crippen molar-refractivity contribution in [1.82, 2.24) is 0 Å². The molecule has 0 spiro atoms. The van der Waals surface area contributed by atoms with Crippen molar-refractivity contribution in [1.29, 1.82) is 0 Å². The lowest BCUT2D eigenvalue weighted by molar-refractivity contribution is 0.823. The van der Waals surface area contributed by atoms with Crippen LogP contribution in [-0.2, 0) is 0 Å². The third kappa shape index (κ3) is 78.4. The predicted molar refractivity (Wildman–Crippen MR) is 31.9 cm³/mol. The van der Waals surface area contributed by atoms with E-state index in [-0.39, 0.29) is 16.4 Å². The van der Waals surface area contributed by atoms with Gasteiger partial charge in [-0.05, 0) is 6.42 Å². The summed E-state index contributed by atoms with van der Waals surface area (Å²) in [6.07, 6.45) is 1.08. The van der Waals surface area contributed by atoms with Gasteiger partial charge >= 0.3 is 0 Å².